The molecule has 2 aromatic carbocycles. The van der Waals surface area contributed by atoms with Crippen LogP contribution in [0.15, 0.2) is 53.7 Å². The number of benzene rings is 2. The van der Waals surface area contributed by atoms with Gasteiger partial charge in [-0.25, -0.2) is 4.39 Å². The van der Waals surface area contributed by atoms with Crippen molar-refractivity contribution in [2.45, 2.75) is 45.1 Å². The van der Waals surface area contributed by atoms with Gasteiger partial charge in [0.05, 0.1) is 24.5 Å². The fourth-order valence-electron chi connectivity index (χ4n) is 3.38. The summed E-state index contributed by atoms with van der Waals surface area (Å²) in [6.07, 6.45) is -0.105. The van der Waals surface area contributed by atoms with Crippen LogP contribution < -0.4 is 0 Å². The second-order valence-corrected chi connectivity index (χ2v) is 8.27. The smallest absolute Gasteiger partial charge is 0.145 e. The van der Waals surface area contributed by atoms with Gasteiger partial charge in [-0.15, -0.1) is 0 Å². The van der Waals surface area contributed by atoms with Gasteiger partial charge in [-0.1, -0.05) is 41.0 Å². The molecular formula is C23H28ClFN2O3. The maximum Gasteiger partial charge on any atom is 0.145 e. The summed E-state index contributed by atoms with van der Waals surface area (Å²) >= 11 is 5.96. The van der Waals surface area contributed by atoms with Crippen molar-refractivity contribution in [2.24, 2.45) is 5.16 Å². The van der Waals surface area contributed by atoms with Crippen LogP contribution in [-0.4, -0.2) is 53.7 Å². The molecule has 7 heteroatoms. The monoisotopic (exact) mass is 434 g/mol. The lowest BCUT2D eigenvalue weighted by atomic mass is 10.0. The molecule has 0 spiro atoms. The minimum absolute atomic E-state index is 0.0461. The first-order valence-electron chi connectivity index (χ1n) is 10.1. The normalized spacial score (nSPS) is 17.3. The molecule has 1 aliphatic rings. The van der Waals surface area contributed by atoms with Crippen LogP contribution in [0.1, 0.15) is 31.4 Å². The zero-order chi connectivity index (χ0) is 21.5. The van der Waals surface area contributed by atoms with E-state index in [1.165, 1.54) is 12.1 Å². The van der Waals surface area contributed by atoms with Crippen LogP contribution in [-0.2, 0) is 16.1 Å². The second kappa shape index (κ2) is 10.9. The van der Waals surface area contributed by atoms with Gasteiger partial charge in [0.2, 0.25) is 0 Å². The number of aliphatic hydroxyl groups is 1. The summed E-state index contributed by atoms with van der Waals surface area (Å²) in [5.74, 6) is -0.276. The molecule has 0 fully saturated rings. The Kier molecular flexibility index (Phi) is 8.22. The molecule has 3 rings (SSSR count). The van der Waals surface area contributed by atoms with Gasteiger partial charge in [-0.3, -0.25) is 4.90 Å². The first-order valence-corrected chi connectivity index (χ1v) is 10.5. The third-order valence-electron chi connectivity index (χ3n) is 4.76. The molecule has 0 aromatic heterocycles. The van der Waals surface area contributed by atoms with Crippen LogP contribution in [0.5, 0.6) is 0 Å². The summed E-state index contributed by atoms with van der Waals surface area (Å²) in [6.45, 7) is 5.54. The fraction of sp³-hybridized carbons (Fsp3) is 0.435. The van der Waals surface area contributed by atoms with Gasteiger partial charge in [0.15, 0.2) is 0 Å². The number of halogens is 2. The quantitative estimate of drug-likeness (QED) is 0.607. The Morgan fingerprint density at radius 1 is 1.27 bits per heavy atom. The molecule has 0 saturated carbocycles. The summed E-state index contributed by atoms with van der Waals surface area (Å²) in [5.41, 5.74) is 2.68. The van der Waals surface area contributed by atoms with Crippen LogP contribution >= 0.6 is 11.6 Å². The first-order chi connectivity index (χ1) is 14.4. The Morgan fingerprint density at radius 3 is 2.73 bits per heavy atom. The highest BCUT2D eigenvalue weighted by molar-refractivity contribution is 6.30. The molecule has 2 aromatic rings. The maximum absolute atomic E-state index is 13.6. The van der Waals surface area contributed by atoms with Crippen molar-refractivity contribution in [3.8, 4) is 0 Å². The van der Waals surface area contributed by atoms with E-state index >= 15 is 0 Å². The zero-order valence-corrected chi connectivity index (χ0v) is 18.1. The van der Waals surface area contributed by atoms with Crippen LogP contribution in [0.4, 0.5) is 4.39 Å². The van der Waals surface area contributed by atoms with Crippen LogP contribution in [0.25, 0.3) is 0 Å². The summed E-state index contributed by atoms with van der Waals surface area (Å²) in [7, 11) is 0. The standard InChI is InChI=1S/C23H28ClFN2O3/c1-16(2)29-15-21(28)13-27(12-17-4-3-5-20(25)10-17)14-22-11-23(26-30-22)18-6-8-19(24)9-7-18/h3-10,16,21-22,28H,11-15H2,1-2H3. The van der Waals surface area contributed by atoms with E-state index in [1.807, 2.05) is 49.1 Å². The average Bonchev–Trinajstić information content (AvgIpc) is 3.15. The Bertz CT molecular complexity index is 845. The van der Waals surface area contributed by atoms with Crippen LogP contribution in [0.2, 0.25) is 5.02 Å². The summed E-state index contributed by atoms with van der Waals surface area (Å²) in [4.78, 5) is 7.70. The Hall–Kier alpha value is -1.99. The highest BCUT2D eigenvalue weighted by Gasteiger charge is 2.26. The van der Waals surface area contributed by atoms with E-state index in [1.54, 1.807) is 6.07 Å². The molecule has 1 N–H and O–H groups in total. The number of nitrogens with zero attached hydrogens (tertiary/aromatic N) is 2. The van der Waals surface area contributed by atoms with Gasteiger partial charge in [0, 0.05) is 31.1 Å². The molecule has 5 nitrogen and oxygen atoms in total. The average molecular weight is 435 g/mol. The number of hydrogen-bond donors (Lipinski definition) is 1. The maximum atomic E-state index is 13.6. The number of oxime groups is 1. The van der Waals surface area contributed by atoms with Crippen molar-refractivity contribution in [2.75, 3.05) is 19.7 Å². The van der Waals surface area contributed by atoms with Gasteiger partial charge in [0.25, 0.3) is 0 Å². The van der Waals surface area contributed by atoms with Crippen molar-refractivity contribution in [1.82, 2.24) is 4.90 Å². The van der Waals surface area contributed by atoms with E-state index in [9.17, 15) is 9.50 Å². The molecule has 0 amide bonds. The predicted molar refractivity (Wildman–Crippen MR) is 116 cm³/mol. The second-order valence-electron chi connectivity index (χ2n) is 7.84. The number of ether oxygens (including phenoxy) is 1. The lowest BCUT2D eigenvalue weighted by molar-refractivity contribution is -0.0194. The van der Waals surface area contributed by atoms with Gasteiger partial charge < -0.3 is 14.7 Å². The minimum Gasteiger partial charge on any atom is -0.390 e. The minimum atomic E-state index is -0.654. The van der Waals surface area contributed by atoms with E-state index in [0.717, 1.165) is 16.8 Å². The van der Waals surface area contributed by atoms with Crippen LogP contribution in [0, 0.1) is 5.82 Å². The molecule has 2 atom stereocenters. The van der Waals surface area contributed by atoms with E-state index in [2.05, 4.69) is 5.16 Å². The highest BCUT2D eigenvalue weighted by Crippen LogP contribution is 2.20. The predicted octanol–water partition coefficient (Wildman–Crippen LogP) is 4.26. The molecule has 0 bridgehead atoms. The molecule has 162 valence electrons. The largest absolute Gasteiger partial charge is 0.390 e. The van der Waals surface area contributed by atoms with E-state index in [-0.39, 0.29) is 24.6 Å². The van der Waals surface area contributed by atoms with Gasteiger partial charge in [0.1, 0.15) is 11.9 Å². The molecule has 30 heavy (non-hydrogen) atoms. The van der Waals surface area contributed by atoms with Crippen molar-refractivity contribution in [1.29, 1.82) is 0 Å². The molecule has 1 heterocycles. The number of aliphatic hydroxyl groups excluding tert-OH is 1. The van der Waals surface area contributed by atoms with Crippen molar-refractivity contribution < 1.29 is 19.1 Å². The molecule has 0 radical (unpaired) electrons. The van der Waals surface area contributed by atoms with Crippen molar-refractivity contribution in [3.05, 3.63) is 70.5 Å². The van der Waals surface area contributed by atoms with E-state index in [4.69, 9.17) is 21.2 Å². The fourth-order valence-corrected chi connectivity index (χ4v) is 3.50. The van der Waals surface area contributed by atoms with E-state index in [0.29, 0.717) is 31.1 Å². The van der Waals surface area contributed by atoms with Crippen LogP contribution in [0.3, 0.4) is 0 Å². The molecular weight excluding hydrogens is 407 g/mol. The molecule has 0 aliphatic carbocycles. The summed E-state index contributed by atoms with van der Waals surface area (Å²) < 4.78 is 19.1. The molecule has 0 saturated heterocycles. The van der Waals surface area contributed by atoms with E-state index < -0.39 is 6.10 Å². The topological polar surface area (TPSA) is 54.3 Å². The Balaban J connectivity index is 1.62. The Morgan fingerprint density at radius 2 is 2.03 bits per heavy atom. The zero-order valence-electron chi connectivity index (χ0n) is 17.3. The third-order valence-corrected chi connectivity index (χ3v) is 5.01. The van der Waals surface area contributed by atoms with Gasteiger partial charge in [-0.05, 0) is 49.2 Å². The SMILES string of the molecule is CC(C)OCC(O)CN(Cc1cccc(F)c1)CC1CC(c2ccc(Cl)cc2)=NO1. The number of rotatable bonds is 10. The molecule has 1 aliphatic heterocycles. The van der Waals surface area contributed by atoms with Gasteiger partial charge in [-0.2, -0.15) is 0 Å². The first kappa shape index (κ1) is 22.7. The van der Waals surface area contributed by atoms with Crippen molar-refractivity contribution >= 4 is 17.3 Å². The third kappa shape index (κ3) is 7.06. The van der Waals surface area contributed by atoms with Gasteiger partial charge >= 0.3 is 0 Å². The number of hydrogen-bond acceptors (Lipinski definition) is 5. The lowest BCUT2D eigenvalue weighted by Crippen LogP contribution is -2.39. The lowest BCUT2D eigenvalue weighted by Gasteiger charge is -2.27. The Labute approximate surface area is 182 Å². The highest BCUT2D eigenvalue weighted by atomic mass is 35.5. The van der Waals surface area contributed by atoms with Crippen molar-refractivity contribution in [3.63, 3.8) is 0 Å². The summed E-state index contributed by atoms with van der Waals surface area (Å²) in [5, 5.41) is 15.3. The molecule has 2 unspecified atom stereocenters. The summed E-state index contributed by atoms with van der Waals surface area (Å²) in [6, 6.07) is 14.0.